The maximum atomic E-state index is 11.1. The lowest BCUT2D eigenvalue weighted by Crippen LogP contribution is -2.28. The summed E-state index contributed by atoms with van der Waals surface area (Å²) >= 11 is 3.41. The monoisotopic (exact) mass is 325 g/mol. The van der Waals surface area contributed by atoms with Crippen molar-refractivity contribution in [2.24, 2.45) is 5.92 Å². The summed E-state index contributed by atoms with van der Waals surface area (Å²) in [6.45, 7) is 5.43. The summed E-state index contributed by atoms with van der Waals surface area (Å²) in [5, 5.41) is 9.15. The lowest BCUT2D eigenvalue weighted by Gasteiger charge is -2.26. The van der Waals surface area contributed by atoms with E-state index in [0.717, 1.165) is 23.1 Å². The summed E-state index contributed by atoms with van der Waals surface area (Å²) < 4.78 is 0.831. The SMILES string of the molecule is CC(C)CCN(c1cc(Br)cc(C(=O)O)c1)C1CC1. The molecule has 1 N–H and O–H groups in total. The Morgan fingerprint density at radius 1 is 1.42 bits per heavy atom. The minimum absolute atomic E-state index is 0.347. The van der Waals surface area contributed by atoms with Gasteiger partial charge < -0.3 is 10.0 Å². The van der Waals surface area contributed by atoms with Crippen molar-refractivity contribution < 1.29 is 9.90 Å². The van der Waals surface area contributed by atoms with Gasteiger partial charge in [-0.25, -0.2) is 4.79 Å². The van der Waals surface area contributed by atoms with E-state index < -0.39 is 5.97 Å². The van der Waals surface area contributed by atoms with Gasteiger partial charge in [-0.05, 0) is 43.4 Å². The molecule has 0 heterocycles. The van der Waals surface area contributed by atoms with Crippen LogP contribution in [-0.2, 0) is 0 Å². The van der Waals surface area contributed by atoms with Gasteiger partial charge in [0.1, 0.15) is 0 Å². The molecule has 0 unspecified atom stereocenters. The molecule has 0 saturated heterocycles. The number of aromatic carboxylic acids is 1. The maximum Gasteiger partial charge on any atom is 0.335 e. The fourth-order valence-electron chi connectivity index (χ4n) is 2.17. The molecule has 4 heteroatoms. The Labute approximate surface area is 122 Å². The maximum absolute atomic E-state index is 11.1. The second-order valence-electron chi connectivity index (χ2n) is 5.61. The van der Waals surface area contributed by atoms with Gasteiger partial charge in [0.15, 0.2) is 0 Å². The number of carboxylic acid groups (broad SMARTS) is 1. The topological polar surface area (TPSA) is 40.5 Å². The quantitative estimate of drug-likeness (QED) is 0.853. The fraction of sp³-hybridized carbons (Fsp3) is 0.533. The first kappa shape index (κ1) is 14.4. The molecule has 0 bridgehead atoms. The normalized spacial score (nSPS) is 14.7. The highest BCUT2D eigenvalue weighted by Gasteiger charge is 2.29. The standard InChI is InChI=1S/C15H20BrNO2/c1-10(2)5-6-17(13-3-4-13)14-8-11(15(18)19)7-12(16)9-14/h7-10,13H,3-6H2,1-2H3,(H,18,19). The molecule has 1 aromatic carbocycles. The van der Waals surface area contributed by atoms with Crippen molar-refractivity contribution in [3.63, 3.8) is 0 Å². The fourth-order valence-corrected chi connectivity index (χ4v) is 2.65. The number of rotatable bonds is 6. The Bertz CT molecular complexity index is 469. The predicted octanol–water partition coefficient (Wildman–Crippen LogP) is 4.16. The minimum atomic E-state index is -0.873. The number of nitrogens with zero attached hydrogens (tertiary/aromatic N) is 1. The third-order valence-electron chi connectivity index (χ3n) is 3.40. The second-order valence-corrected chi connectivity index (χ2v) is 6.53. The van der Waals surface area contributed by atoms with Gasteiger partial charge in [-0.3, -0.25) is 0 Å². The van der Waals surface area contributed by atoms with Crippen LogP contribution in [0.2, 0.25) is 0 Å². The number of carbonyl (C=O) groups is 1. The van der Waals surface area contributed by atoms with Crippen molar-refractivity contribution in [3.8, 4) is 0 Å². The van der Waals surface area contributed by atoms with Gasteiger partial charge in [0.2, 0.25) is 0 Å². The average Bonchev–Trinajstić information content (AvgIpc) is 3.12. The highest BCUT2D eigenvalue weighted by molar-refractivity contribution is 9.10. The van der Waals surface area contributed by atoms with Gasteiger partial charge in [0, 0.05) is 22.7 Å². The van der Waals surface area contributed by atoms with E-state index in [4.69, 9.17) is 5.11 Å². The zero-order chi connectivity index (χ0) is 14.0. The zero-order valence-corrected chi connectivity index (χ0v) is 13.0. The van der Waals surface area contributed by atoms with Crippen LogP contribution in [0.25, 0.3) is 0 Å². The van der Waals surface area contributed by atoms with Crippen molar-refractivity contribution in [2.45, 2.75) is 39.2 Å². The van der Waals surface area contributed by atoms with Gasteiger partial charge in [-0.1, -0.05) is 29.8 Å². The van der Waals surface area contributed by atoms with Gasteiger partial charge in [-0.2, -0.15) is 0 Å². The summed E-state index contributed by atoms with van der Waals surface area (Å²) in [6, 6.07) is 6.05. The van der Waals surface area contributed by atoms with Crippen LogP contribution in [0.5, 0.6) is 0 Å². The third kappa shape index (κ3) is 3.96. The molecule has 0 radical (unpaired) electrons. The molecule has 0 aromatic heterocycles. The molecule has 1 saturated carbocycles. The van der Waals surface area contributed by atoms with Crippen LogP contribution >= 0.6 is 15.9 Å². The summed E-state index contributed by atoms with van der Waals surface area (Å²) in [5.74, 6) is -0.213. The third-order valence-corrected chi connectivity index (χ3v) is 3.85. The van der Waals surface area contributed by atoms with E-state index in [1.807, 2.05) is 6.07 Å². The lowest BCUT2D eigenvalue weighted by molar-refractivity contribution is 0.0697. The molecular weight excluding hydrogens is 306 g/mol. The van der Waals surface area contributed by atoms with Crippen LogP contribution in [0.1, 0.15) is 43.5 Å². The molecule has 1 aromatic rings. The van der Waals surface area contributed by atoms with E-state index in [9.17, 15) is 4.79 Å². The summed E-state index contributed by atoms with van der Waals surface area (Å²) in [7, 11) is 0. The summed E-state index contributed by atoms with van der Waals surface area (Å²) in [6.07, 6.45) is 3.56. The molecule has 19 heavy (non-hydrogen) atoms. The van der Waals surface area contributed by atoms with Crippen LogP contribution in [0.4, 0.5) is 5.69 Å². The molecule has 1 aliphatic rings. The Balaban J connectivity index is 2.23. The molecule has 1 fully saturated rings. The number of hydrogen-bond donors (Lipinski definition) is 1. The molecule has 104 valence electrons. The van der Waals surface area contributed by atoms with Crippen molar-refractivity contribution in [1.82, 2.24) is 0 Å². The zero-order valence-electron chi connectivity index (χ0n) is 11.4. The molecular formula is C15H20BrNO2. The Kier molecular flexibility index (Phi) is 4.50. The first-order valence-electron chi connectivity index (χ1n) is 6.78. The lowest BCUT2D eigenvalue weighted by atomic mass is 10.1. The van der Waals surface area contributed by atoms with E-state index in [1.165, 1.54) is 12.8 Å². The highest BCUT2D eigenvalue weighted by Crippen LogP contribution is 2.34. The second kappa shape index (κ2) is 5.95. The Morgan fingerprint density at radius 3 is 2.63 bits per heavy atom. The number of benzene rings is 1. The van der Waals surface area contributed by atoms with Crippen molar-refractivity contribution in [3.05, 3.63) is 28.2 Å². The number of anilines is 1. The summed E-state index contributed by atoms with van der Waals surface area (Å²) in [4.78, 5) is 13.5. The number of halogens is 1. The number of carboxylic acids is 1. The van der Waals surface area contributed by atoms with Crippen molar-refractivity contribution in [2.75, 3.05) is 11.4 Å². The Morgan fingerprint density at radius 2 is 2.11 bits per heavy atom. The van der Waals surface area contributed by atoms with Gasteiger partial charge in [-0.15, -0.1) is 0 Å². The molecule has 0 atom stereocenters. The van der Waals surface area contributed by atoms with Crippen molar-refractivity contribution in [1.29, 1.82) is 0 Å². The van der Waals surface area contributed by atoms with E-state index in [1.54, 1.807) is 12.1 Å². The van der Waals surface area contributed by atoms with E-state index in [-0.39, 0.29) is 0 Å². The van der Waals surface area contributed by atoms with Gasteiger partial charge in [0.05, 0.1) is 5.56 Å². The highest BCUT2D eigenvalue weighted by atomic mass is 79.9. The first-order valence-corrected chi connectivity index (χ1v) is 7.57. The van der Waals surface area contributed by atoms with Crippen LogP contribution in [0.3, 0.4) is 0 Å². The van der Waals surface area contributed by atoms with Gasteiger partial charge in [0.25, 0.3) is 0 Å². The van der Waals surface area contributed by atoms with E-state index in [0.29, 0.717) is 17.5 Å². The largest absolute Gasteiger partial charge is 0.478 e. The van der Waals surface area contributed by atoms with Crippen LogP contribution in [-0.4, -0.2) is 23.7 Å². The predicted molar refractivity (Wildman–Crippen MR) is 80.9 cm³/mol. The van der Waals surface area contributed by atoms with E-state index in [2.05, 4.69) is 34.7 Å². The molecule has 3 nitrogen and oxygen atoms in total. The molecule has 1 aliphatic carbocycles. The molecule has 0 amide bonds. The Hall–Kier alpha value is -1.03. The summed E-state index contributed by atoms with van der Waals surface area (Å²) in [5.41, 5.74) is 1.37. The average molecular weight is 326 g/mol. The molecule has 0 aliphatic heterocycles. The van der Waals surface area contributed by atoms with Crippen LogP contribution < -0.4 is 4.90 Å². The smallest absolute Gasteiger partial charge is 0.335 e. The van der Waals surface area contributed by atoms with Crippen LogP contribution in [0, 0.1) is 5.92 Å². The number of hydrogen-bond acceptors (Lipinski definition) is 2. The first-order chi connectivity index (χ1) is 8.97. The van der Waals surface area contributed by atoms with E-state index >= 15 is 0 Å². The molecule has 0 spiro atoms. The van der Waals surface area contributed by atoms with Crippen molar-refractivity contribution >= 4 is 27.6 Å². The van der Waals surface area contributed by atoms with Crippen LogP contribution in [0.15, 0.2) is 22.7 Å². The molecule has 2 rings (SSSR count). The van der Waals surface area contributed by atoms with Gasteiger partial charge >= 0.3 is 5.97 Å². The minimum Gasteiger partial charge on any atom is -0.478 e.